The average molecular weight is 306 g/mol. The Labute approximate surface area is 122 Å². The molecule has 0 atom stereocenters. The van der Waals surface area contributed by atoms with Crippen LogP contribution in [-0.4, -0.2) is 14.2 Å². The van der Waals surface area contributed by atoms with E-state index in [1.165, 1.54) is 0 Å². The van der Waals surface area contributed by atoms with Crippen molar-refractivity contribution in [3.05, 3.63) is 35.4 Å². The summed E-state index contributed by atoms with van der Waals surface area (Å²) < 4.78 is 24.7. The van der Waals surface area contributed by atoms with Gasteiger partial charge in [0, 0.05) is 5.56 Å². The Kier molecular flexibility index (Phi) is 3.84. The highest BCUT2D eigenvalue weighted by Crippen LogP contribution is 2.42. The summed E-state index contributed by atoms with van der Waals surface area (Å²) in [7, 11) is -3.42. The van der Waals surface area contributed by atoms with Gasteiger partial charge in [-0.2, -0.15) is 5.26 Å². The number of thiophene rings is 1. The van der Waals surface area contributed by atoms with E-state index in [-0.39, 0.29) is 20.5 Å². The van der Waals surface area contributed by atoms with Crippen LogP contribution in [0.5, 0.6) is 0 Å². The number of sulfone groups is 1. The lowest BCUT2D eigenvalue weighted by Crippen LogP contribution is -2.03. The molecule has 0 saturated heterocycles. The molecule has 0 aliphatic heterocycles. The third kappa shape index (κ3) is 2.30. The van der Waals surface area contributed by atoms with Crippen LogP contribution < -0.4 is 5.73 Å². The second kappa shape index (κ2) is 5.27. The van der Waals surface area contributed by atoms with Crippen LogP contribution in [-0.2, 0) is 9.84 Å². The van der Waals surface area contributed by atoms with Crippen molar-refractivity contribution in [1.82, 2.24) is 0 Å². The molecule has 2 N–H and O–H groups in total. The zero-order valence-corrected chi connectivity index (χ0v) is 12.8. The Morgan fingerprint density at radius 2 is 2.00 bits per heavy atom. The zero-order chi connectivity index (χ0) is 14.9. The van der Waals surface area contributed by atoms with Gasteiger partial charge < -0.3 is 5.73 Å². The predicted octanol–water partition coefficient (Wildman–Crippen LogP) is 2.97. The lowest BCUT2D eigenvalue weighted by Gasteiger charge is -2.07. The second-order valence-corrected chi connectivity index (χ2v) is 7.86. The molecular weight excluding hydrogens is 292 g/mol. The summed E-state index contributed by atoms with van der Waals surface area (Å²) in [4.78, 5) is 0. The van der Waals surface area contributed by atoms with Crippen molar-refractivity contribution in [1.29, 1.82) is 5.26 Å². The first-order valence-corrected chi connectivity index (χ1v) is 8.50. The van der Waals surface area contributed by atoms with Crippen molar-refractivity contribution < 1.29 is 8.42 Å². The van der Waals surface area contributed by atoms with Gasteiger partial charge in [-0.15, -0.1) is 11.3 Å². The Bertz CT molecular complexity index is 799. The molecule has 0 fully saturated rings. The molecule has 0 bridgehead atoms. The minimum atomic E-state index is -3.42. The second-order valence-electron chi connectivity index (χ2n) is 4.33. The molecule has 0 aliphatic carbocycles. The van der Waals surface area contributed by atoms with Crippen LogP contribution in [0.25, 0.3) is 11.1 Å². The van der Waals surface area contributed by atoms with E-state index in [0.29, 0.717) is 5.56 Å². The quantitative estimate of drug-likeness (QED) is 0.944. The van der Waals surface area contributed by atoms with Crippen LogP contribution in [0.3, 0.4) is 0 Å². The van der Waals surface area contributed by atoms with Crippen LogP contribution in [0.15, 0.2) is 28.5 Å². The molecule has 0 spiro atoms. The van der Waals surface area contributed by atoms with Crippen molar-refractivity contribution >= 4 is 26.2 Å². The van der Waals surface area contributed by atoms with E-state index in [0.717, 1.165) is 22.5 Å². The van der Waals surface area contributed by atoms with Crippen LogP contribution in [0.2, 0.25) is 0 Å². The summed E-state index contributed by atoms with van der Waals surface area (Å²) >= 11 is 0.968. The number of hydrogen-bond donors (Lipinski definition) is 1. The van der Waals surface area contributed by atoms with E-state index >= 15 is 0 Å². The summed E-state index contributed by atoms with van der Waals surface area (Å²) in [5.41, 5.74) is 8.16. The van der Waals surface area contributed by atoms with Crippen molar-refractivity contribution in [2.24, 2.45) is 0 Å². The largest absolute Gasteiger partial charge is 0.389 e. The third-order valence-corrected chi connectivity index (χ3v) is 6.45. The molecule has 0 saturated carbocycles. The maximum Gasteiger partial charge on any atom is 0.188 e. The molecule has 1 aromatic carbocycles. The minimum Gasteiger partial charge on any atom is -0.389 e. The maximum absolute atomic E-state index is 12.2. The molecule has 104 valence electrons. The van der Waals surface area contributed by atoms with Gasteiger partial charge in [0.1, 0.15) is 15.3 Å². The Hall–Kier alpha value is -1.84. The predicted molar refractivity (Wildman–Crippen MR) is 81.3 cm³/mol. The SMILES string of the molecule is CCS(=O)(=O)c1sc(N)c(C#N)c1-c1ccccc1C. The van der Waals surface area contributed by atoms with Crippen molar-refractivity contribution in [3.63, 3.8) is 0 Å². The van der Waals surface area contributed by atoms with E-state index in [1.54, 1.807) is 6.92 Å². The molecule has 1 heterocycles. The van der Waals surface area contributed by atoms with E-state index in [4.69, 9.17) is 5.73 Å². The normalized spacial score (nSPS) is 11.2. The van der Waals surface area contributed by atoms with Crippen LogP contribution in [0.1, 0.15) is 18.1 Å². The van der Waals surface area contributed by atoms with Gasteiger partial charge in [-0.25, -0.2) is 8.42 Å². The van der Waals surface area contributed by atoms with Gasteiger partial charge in [0.2, 0.25) is 0 Å². The highest BCUT2D eigenvalue weighted by Gasteiger charge is 2.26. The van der Waals surface area contributed by atoms with Gasteiger partial charge in [0.05, 0.1) is 11.3 Å². The number of nitriles is 1. The van der Waals surface area contributed by atoms with Gasteiger partial charge in [-0.3, -0.25) is 0 Å². The van der Waals surface area contributed by atoms with E-state index in [1.807, 2.05) is 37.3 Å². The lowest BCUT2D eigenvalue weighted by molar-refractivity contribution is 0.599. The Morgan fingerprint density at radius 1 is 1.35 bits per heavy atom. The van der Waals surface area contributed by atoms with E-state index in [2.05, 4.69) is 0 Å². The Balaban J connectivity index is 2.89. The molecule has 0 amide bonds. The number of nitrogens with two attached hydrogens (primary N) is 1. The van der Waals surface area contributed by atoms with Gasteiger partial charge >= 0.3 is 0 Å². The summed E-state index contributed by atoms with van der Waals surface area (Å²) in [5.74, 6) is -0.0172. The maximum atomic E-state index is 12.2. The van der Waals surface area contributed by atoms with Gasteiger partial charge in [-0.05, 0) is 18.1 Å². The minimum absolute atomic E-state index is 0.0172. The molecule has 4 nitrogen and oxygen atoms in total. The topological polar surface area (TPSA) is 83.9 Å². The van der Waals surface area contributed by atoms with E-state index < -0.39 is 9.84 Å². The van der Waals surface area contributed by atoms with E-state index in [9.17, 15) is 13.7 Å². The Morgan fingerprint density at radius 3 is 2.55 bits per heavy atom. The molecule has 6 heteroatoms. The number of nitrogens with zero attached hydrogens (tertiary/aromatic N) is 1. The summed E-state index contributed by atoms with van der Waals surface area (Å²) in [5, 5.41) is 9.53. The number of nitrogen functional groups attached to an aromatic ring is 1. The molecule has 20 heavy (non-hydrogen) atoms. The van der Waals surface area contributed by atoms with Gasteiger partial charge in [0.15, 0.2) is 9.84 Å². The van der Waals surface area contributed by atoms with Crippen LogP contribution >= 0.6 is 11.3 Å². The first-order valence-electron chi connectivity index (χ1n) is 6.03. The van der Waals surface area contributed by atoms with Crippen LogP contribution in [0.4, 0.5) is 5.00 Å². The fraction of sp³-hybridized carbons (Fsp3) is 0.214. The molecule has 2 rings (SSSR count). The van der Waals surface area contributed by atoms with Crippen molar-refractivity contribution in [2.45, 2.75) is 18.1 Å². The molecule has 0 radical (unpaired) electrons. The summed E-state index contributed by atoms with van der Waals surface area (Å²) in [6.45, 7) is 3.46. The molecular formula is C14H14N2O2S2. The van der Waals surface area contributed by atoms with Crippen molar-refractivity contribution in [3.8, 4) is 17.2 Å². The number of aryl methyl sites for hydroxylation is 1. The number of rotatable bonds is 3. The molecule has 2 aromatic rings. The number of anilines is 1. The van der Waals surface area contributed by atoms with Crippen LogP contribution in [0, 0.1) is 18.3 Å². The highest BCUT2D eigenvalue weighted by atomic mass is 32.2. The smallest absolute Gasteiger partial charge is 0.188 e. The third-order valence-electron chi connectivity index (χ3n) is 3.09. The molecule has 0 aliphatic rings. The van der Waals surface area contributed by atoms with Crippen molar-refractivity contribution in [2.75, 3.05) is 11.5 Å². The number of benzene rings is 1. The summed E-state index contributed by atoms with van der Waals surface area (Å²) in [6, 6.07) is 9.41. The average Bonchev–Trinajstić information content (AvgIpc) is 2.76. The summed E-state index contributed by atoms with van der Waals surface area (Å²) in [6.07, 6.45) is 0. The number of hydrogen-bond acceptors (Lipinski definition) is 5. The fourth-order valence-corrected chi connectivity index (χ4v) is 4.67. The first kappa shape index (κ1) is 14.6. The van der Waals surface area contributed by atoms with Gasteiger partial charge in [-0.1, -0.05) is 31.2 Å². The molecule has 1 aromatic heterocycles. The van der Waals surface area contributed by atoms with Gasteiger partial charge in [0.25, 0.3) is 0 Å². The zero-order valence-electron chi connectivity index (χ0n) is 11.2. The monoisotopic (exact) mass is 306 g/mol. The highest BCUT2D eigenvalue weighted by molar-refractivity contribution is 7.93. The molecule has 0 unspecified atom stereocenters. The fourth-order valence-electron chi connectivity index (χ4n) is 1.99. The lowest BCUT2D eigenvalue weighted by atomic mass is 10.00. The standard InChI is InChI=1S/C14H14N2O2S2/c1-3-20(17,18)14-12(11(8-15)13(16)19-14)10-7-5-4-6-9(10)2/h4-7H,3,16H2,1-2H3. The first-order chi connectivity index (χ1) is 9.42.